The summed E-state index contributed by atoms with van der Waals surface area (Å²) in [5.41, 5.74) is -0.158. The van der Waals surface area contributed by atoms with Crippen molar-refractivity contribution in [1.29, 1.82) is 0 Å². The van der Waals surface area contributed by atoms with Crippen molar-refractivity contribution in [2.75, 3.05) is 4.72 Å². The van der Waals surface area contributed by atoms with Crippen molar-refractivity contribution in [3.8, 4) is 0 Å². The molecule has 0 unspecified atom stereocenters. The van der Waals surface area contributed by atoms with Gasteiger partial charge < -0.3 is 4.98 Å². The van der Waals surface area contributed by atoms with Crippen molar-refractivity contribution in [2.24, 2.45) is 0 Å². The van der Waals surface area contributed by atoms with E-state index in [-0.39, 0.29) is 4.90 Å². The molecule has 5 nitrogen and oxygen atoms in total. The number of halogens is 4. The molecular formula is C13H7Cl2F2N3O2S. The Morgan fingerprint density at radius 2 is 1.91 bits per heavy atom. The van der Waals surface area contributed by atoms with Crippen LogP contribution in [0.5, 0.6) is 0 Å². The number of pyridine rings is 1. The van der Waals surface area contributed by atoms with Gasteiger partial charge >= 0.3 is 0 Å². The summed E-state index contributed by atoms with van der Waals surface area (Å²) < 4.78 is 53.8. The smallest absolute Gasteiger partial charge is 0.264 e. The van der Waals surface area contributed by atoms with Crippen LogP contribution in [0.25, 0.3) is 10.9 Å². The van der Waals surface area contributed by atoms with Gasteiger partial charge in [0.25, 0.3) is 10.0 Å². The Balaban J connectivity index is 2.06. The highest BCUT2D eigenvalue weighted by Gasteiger charge is 2.22. The van der Waals surface area contributed by atoms with E-state index < -0.39 is 32.6 Å². The SMILES string of the molecule is O=S(=O)(Nc1cc(F)c(Cl)nc1F)c1c[nH]c2cc(Cl)ccc12. The lowest BCUT2D eigenvalue weighted by atomic mass is 10.2. The van der Waals surface area contributed by atoms with Gasteiger partial charge in [0, 0.05) is 28.2 Å². The van der Waals surface area contributed by atoms with Gasteiger partial charge in [-0.1, -0.05) is 23.2 Å². The van der Waals surface area contributed by atoms with Gasteiger partial charge in [0.1, 0.15) is 10.6 Å². The van der Waals surface area contributed by atoms with E-state index in [2.05, 4.69) is 9.97 Å². The molecule has 0 amide bonds. The molecule has 10 heteroatoms. The van der Waals surface area contributed by atoms with Crippen LogP contribution >= 0.6 is 23.2 Å². The fraction of sp³-hybridized carbons (Fsp3) is 0. The van der Waals surface area contributed by atoms with Crippen LogP contribution in [0, 0.1) is 11.8 Å². The zero-order chi connectivity index (χ0) is 16.8. The average molecular weight is 378 g/mol. The molecule has 0 radical (unpaired) electrons. The van der Waals surface area contributed by atoms with E-state index >= 15 is 0 Å². The Bertz CT molecular complexity index is 1020. The molecule has 0 atom stereocenters. The summed E-state index contributed by atoms with van der Waals surface area (Å²) in [6.07, 6.45) is 1.22. The van der Waals surface area contributed by atoms with Crippen molar-refractivity contribution in [2.45, 2.75) is 4.90 Å². The second-order valence-electron chi connectivity index (χ2n) is 4.55. The number of hydrogen-bond donors (Lipinski definition) is 2. The summed E-state index contributed by atoms with van der Waals surface area (Å²) in [6, 6.07) is 5.18. The van der Waals surface area contributed by atoms with Crippen molar-refractivity contribution in [1.82, 2.24) is 9.97 Å². The summed E-state index contributed by atoms with van der Waals surface area (Å²) in [4.78, 5) is 5.69. The zero-order valence-electron chi connectivity index (χ0n) is 11.1. The molecule has 0 fully saturated rings. The summed E-state index contributed by atoms with van der Waals surface area (Å²) in [5, 5.41) is 0.0863. The number of rotatable bonds is 3. The molecule has 0 spiro atoms. The highest BCUT2D eigenvalue weighted by atomic mass is 35.5. The Kier molecular flexibility index (Phi) is 3.91. The average Bonchev–Trinajstić information content (AvgIpc) is 2.88. The normalized spacial score (nSPS) is 11.8. The minimum Gasteiger partial charge on any atom is -0.360 e. The molecule has 0 aliphatic carbocycles. The van der Waals surface area contributed by atoms with Crippen LogP contribution in [0.3, 0.4) is 0 Å². The third-order valence-corrected chi connectivity index (χ3v) is 4.93. The third-order valence-electron chi connectivity index (χ3n) is 3.03. The minimum atomic E-state index is -4.18. The number of aromatic nitrogens is 2. The van der Waals surface area contributed by atoms with Crippen LogP contribution in [0.4, 0.5) is 14.5 Å². The Morgan fingerprint density at radius 3 is 2.65 bits per heavy atom. The molecule has 0 aliphatic rings. The minimum absolute atomic E-state index is 0.140. The quantitative estimate of drug-likeness (QED) is 0.678. The number of anilines is 1. The second-order valence-corrected chi connectivity index (χ2v) is 6.99. The fourth-order valence-electron chi connectivity index (χ4n) is 2.01. The Hall–Kier alpha value is -1.90. The lowest BCUT2D eigenvalue weighted by Gasteiger charge is -2.08. The highest BCUT2D eigenvalue weighted by Crippen LogP contribution is 2.28. The lowest BCUT2D eigenvalue weighted by Crippen LogP contribution is -2.14. The molecule has 0 bridgehead atoms. The standard InChI is InChI=1S/C13H7Cl2F2N3O2S/c14-6-1-2-7-9(3-6)18-5-11(7)23(21,22)20-10-4-8(16)12(15)19-13(10)17/h1-5,18,20H. The summed E-state index contributed by atoms with van der Waals surface area (Å²) in [6.45, 7) is 0. The number of nitrogens with zero attached hydrogens (tertiary/aromatic N) is 1. The van der Waals surface area contributed by atoms with E-state index in [0.717, 1.165) is 0 Å². The van der Waals surface area contributed by atoms with Crippen molar-refractivity contribution in [3.63, 3.8) is 0 Å². The largest absolute Gasteiger partial charge is 0.360 e. The summed E-state index contributed by atoms with van der Waals surface area (Å²) >= 11 is 11.2. The van der Waals surface area contributed by atoms with Crippen LogP contribution in [0.15, 0.2) is 35.4 Å². The van der Waals surface area contributed by atoms with Crippen molar-refractivity contribution >= 4 is 49.8 Å². The van der Waals surface area contributed by atoms with Crippen LogP contribution < -0.4 is 4.72 Å². The number of sulfonamides is 1. The molecule has 23 heavy (non-hydrogen) atoms. The zero-order valence-corrected chi connectivity index (χ0v) is 13.4. The predicted octanol–water partition coefficient (Wildman–Crippen LogP) is 3.95. The first kappa shape index (κ1) is 16.0. The van der Waals surface area contributed by atoms with Crippen LogP contribution in [-0.2, 0) is 10.0 Å². The van der Waals surface area contributed by atoms with Gasteiger partial charge in [-0.15, -0.1) is 0 Å². The predicted molar refractivity (Wildman–Crippen MR) is 83.3 cm³/mol. The molecular weight excluding hydrogens is 371 g/mol. The van der Waals surface area contributed by atoms with Crippen molar-refractivity contribution in [3.05, 3.63) is 52.4 Å². The van der Waals surface area contributed by atoms with E-state index in [1.807, 2.05) is 4.72 Å². The van der Waals surface area contributed by atoms with Gasteiger partial charge in [-0.3, -0.25) is 4.72 Å². The Morgan fingerprint density at radius 1 is 1.17 bits per heavy atom. The number of aromatic amines is 1. The number of hydrogen-bond acceptors (Lipinski definition) is 3. The maximum Gasteiger partial charge on any atom is 0.264 e. The molecule has 3 aromatic rings. The maximum absolute atomic E-state index is 13.7. The van der Waals surface area contributed by atoms with Gasteiger partial charge in [-0.2, -0.15) is 4.39 Å². The molecule has 3 rings (SSSR count). The molecule has 0 aliphatic heterocycles. The van der Waals surface area contributed by atoms with E-state index in [9.17, 15) is 17.2 Å². The molecule has 1 aromatic carbocycles. The third kappa shape index (κ3) is 2.97. The topological polar surface area (TPSA) is 74.8 Å². The Labute approximate surface area is 139 Å². The lowest BCUT2D eigenvalue weighted by molar-refractivity contribution is 0.563. The first-order valence-corrected chi connectivity index (χ1v) is 8.33. The highest BCUT2D eigenvalue weighted by molar-refractivity contribution is 7.93. The second kappa shape index (κ2) is 5.63. The summed E-state index contributed by atoms with van der Waals surface area (Å²) in [7, 11) is -4.18. The van der Waals surface area contributed by atoms with E-state index in [4.69, 9.17) is 23.2 Å². The van der Waals surface area contributed by atoms with E-state index in [1.165, 1.54) is 18.3 Å². The van der Waals surface area contributed by atoms with Gasteiger partial charge in [0.15, 0.2) is 11.0 Å². The van der Waals surface area contributed by atoms with Gasteiger partial charge in [0.2, 0.25) is 5.95 Å². The monoisotopic (exact) mass is 377 g/mol. The molecule has 120 valence electrons. The summed E-state index contributed by atoms with van der Waals surface area (Å²) in [5.74, 6) is -2.28. The van der Waals surface area contributed by atoms with Crippen LogP contribution in [0.2, 0.25) is 10.2 Å². The fourth-order valence-corrected chi connectivity index (χ4v) is 3.54. The first-order valence-electron chi connectivity index (χ1n) is 6.09. The number of nitrogens with one attached hydrogen (secondary N) is 2. The molecule has 0 saturated carbocycles. The molecule has 0 saturated heterocycles. The van der Waals surface area contributed by atoms with Gasteiger partial charge in [0.05, 0.1) is 0 Å². The van der Waals surface area contributed by atoms with Crippen LogP contribution in [-0.4, -0.2) is 18.4 Å². The molecule has 2 aromatic heterocycles. The first-order chi connectivity index (χ1) is 10.8. The van der Waals surface area contributed by atoms with Crippen molar-refractivity contribution < 1.29 is 17.2 Å². The number of benzene rings is 1. The van der Waals surface area contributed by atoms with E-state index in [1.54, 1.807) is 6.07 Å². The number of H-pyrrole nitrogens is 1. The van der Waals surface area contributed by atoms with Gasteiger partial charge in [-0.05, 0) is 18.2 Å². The van der Waals surface area contributed by atoms with Gasteiger partial charge in [-0.25, -0.2) is 17.8 Å². The molecule has 2 heterocycles. The van der Waals surface area contributed by atoms with E-state index in [0.29, 0.717) is 22.0 Å². The maximum atomic E-state index is 13.7. The number of fused-ring (bicyclic) bond motifs is 1. The molecule has 2 N–H and O–H groups in total. The van der Waals surface area contributed by atoms with Crippen LogP contribution in [0.1, 0.15) is 0 Å².